The first-order chi connectivity index (χ1) is 58.7. The minimum absolute atomic E-state index is 0.0138. The predicted octanol–water partition coefficient (Wildman–Crippen LogP) is 13.6. The molecule has 10 rings (SSSR count). The molecule has 0 unspecified atom stereocenters. The van der Waals surface area contributed by atoms with Crippen molar-refractivity contribution in [3.05, 3.63) is 190 Å². The van der Waals surface area contributed by atoms with E-state index in [0.717, 1.165) is 57.8 Å². The number of hydrogen-bond donors (Lipinski definition) is 3. The fraction of sp³-hybridized carbons (Fsp3) is 0.382. The summed E-state index contributed by atoms with van der Waals surface area (Å²) in [5.74, 6) is -2.32. The highest BCUT2D eigenvalue weighted by molar-refractivity contribution is 7.22. The predicted molar refractivity (Wildman–Crippen MR) is 448 cm³/mol. The van der Waals surface area contributed by atoms with Crippen molar-refractivity contribution < 1.29 is 113 Å². The first kappa shape index (κ1) is 94.6. The zero-order valence-corrected chi connectivity index (χ0v) is 71.4. The number of carboxylic acid groups (broad SMARTS) is 1. The highest BCUT2D eigenvalue weighted by Gasteiger charge is 2.37. The summed E-state index contributed by atoms with van der Waals surface area (Å²) in [5.41, 5.74) is 7.16. The summed E-state index contributed by atoms with van der Waals surface area (Å²) in [4.78, 5) is 112. The molecule has 4 atom stereocenters. The molecule has 9 aromatic rings. The number of thiophene rings is 1. The number of para-hydroxylation sites is 2. The lowest BCUT2D eigenvalue weighted by Crippen LogP contribution is -2.57. The maximum Gasteiger partial charge on any atom is 0.508 e. The smallest absolute Gasteiger partial charge is 0.508 e. The Kier molecular flexibility index (Phi) is 34.3. The van der Waals surface area contributed by atoms with Gasteiger partial charge in [0, 0.05) is 66.4 Å². The topological polar surface area (TPSA) is 335 Å². The minimum atomic E-state index is -5.19. The number of hydrogen-bond acceptors (Lipinski definition) is 26. The number of esters is 3. The molecule has 1 saturated heterocycles. The van der Waals surface area contributed by atoms with E-state index in [9.17, 15) is 46.3 Å². The molecule has 2 amide bonds. The molecule has 0 bridgehead atoms. The summed E-state index contributed by atoms with van der Waals surface area (Å²) >= 11 is 8.73. The van der Waals surface area contributed by atoms with Crippen LogP contribution in [0, 0.1) is 31.0 Å². The van der Waals surface area contributed by atoms with Gasteiger partial charge in [0.15, 0.2) is 18.5 Å². The van der Waals surface area contributed by atoms with Crippen molar-refractivity contribution in [3.8, 4) is 74.2 Å². The first-order valence-corrected chi connectivity index (χ1v) is 40.5. The number of alkyl halides is 3. The van der Waals surface area contributed by atoms with Crippen molar-refractivity contribution in [1.82, 2.24) is 35.5 Å². The average Bonchev–Trinajstić information content (AvgIpc) is 1.60. The summed E-state index contributed by atoms with van der Waals surface area (Å²) in [6, 6.07) is 38.1. The molecule has 28 nitrogen and oxygen atoms in total. The Morgan fingerprint density at radius 3 is 2.13 bits per heavy atom. The summed E-state index contributed by atoms with van der Waals surface area (Å²) in [5, 5.41) is 18.2. The van der Waals surface area contributed by atoms with Gasteiger partial charge in [-0.2, -0.15) is 13.2 Å². The fourth-order valence-corrected chi connectivity index (χ4v) is 14.3. The maximum atomic E-state index is 14.8. The second kappa shape index (κ2) is 44.5. The standard InChI is InChI=1S/C87H97ClFN9O17S.C2HF3O2/c1-13-44-108-85(103)96-68(22-18-19-45-109-86(104)115-87(6,7)8)82(100)114-76(54(2)3)84(102)112-56(5)79(99)95-63-32-29-60(61(47-63)49-90-9)50-98(10)42-39-97(40-43-98)41-46-107-71-36-35-66(55(4)75(71)88)73-74-80(92-53-93-81(74)116-77(73)58-27-30-62(89)31-28-58)113-72(83(101)111-51-57-25-33-65(105-11)34-26-57)48-59-20-14-16-23-69(59)110-52-64-37-38-91-78(94-64)67-21-15-17-24-70(67)106-12;3-2(4,5)1(6)7/h1,14-17,20-21,23-38,47,53-54,56,68,72,76,90H,18-19,22,39-46,48-52H2,2-12H3,(H-,95,96,99,103);(H,6,7)/t56-,68-,72+,76-;/m0./s1. The number of ether oxygens (including phenoxy) is 11. The van der Waals surface area contributed by atoms with Crippen molar-refractivity contribution >= 4 is 80.9 Å². The lowest BCUT2D eigenvalue weighted by atomic mass is 9.96. The molecule has 3 aromatic heterocycles. The van der Waals surface area contributed by atoms with Crippen LogP contribution in [-0.2, 0) is 85.1 Å². The van der Waals surface area contributed by atoms with Gasteiger partial charge in [0.05, 0.1) is 62.6 Å². The van der Waals surface area contributed by atoms with E-state index in [0.29, 0.717) is 116 Å². The number of anilines is 1. The molecular formula is C89H98ClF4N9O19S. The van der Waals surface area contributed by atoms with Crippen LogP contribution in [0.4, 0.5) is 32.8 Å². The lowest BCUT2D eigenvalue weighted by molar-refractivity contribution is -0.926. The van der Waals surface area contributed by atoms with Gasteiger partial charge in [-0.25, -0.2) is 48.3 Å². The number of methoxy groups -OCH3 is 2. The summed E-state index contributed by atoms with van der Waals surface area (Å²) in [7, 11) is 7.24. The molecule has 123 heavy (non-hydrogen) atoms. The van der Waals surface area contributed by atoms with Crippen LogP contribution in [0.3, 0.4) is 0 Å². The number of benzene rings is 6. The number of aromatic nitrogens is 4. The van der Waals surface area contributed by atoms with Gasteiger partial charge in [0.1, 0.15) is 84.0 Å². The van der Waals surface area contributed by atoms with Gasteiger partial charge in [0.25, 0.3) is 5.91 Å². The molecule has 4 heterocycles. The molecule has 1 aliphatic rings. The highest BCUT2D eigenvalue weighted by Crippen LogP contribution is 2.50. The number of rotatable bonds is 37. The van der Waals surface area contributed by atoms with E-state index in [-0.39, 0.29) is 51.6 Å². The van der Waals surface area contributed by atoms with Gasteiger partial charge in [-0.1, -0.05) is 98.1 Å². The van der Waals surface area contributed by atoms with E-state index in [4.69, 9.17) is 95.0 Å². The third-order valence-corrected chi connectivity index (χ3v) is 21.0. The van der Waals surface area contributed by atoms with Crippen molar-refractivity contribution in [2.24, 2.45) is 5.92 Å². The number of terminal acetylenes is 1. The largest absolute Gasteiger partial charge is 0.542 e. The minimum Gasteiger partial charge on any atom is -0.542 e. The quantitative estimate of drug-likeness (QED) is 0.00813. The van der Waals surface area contributed by atoms with Crippen LogP contribution >= 0.6 is 22.9 Å². The normalized spacial score (nSPS) is 13.6. The van der Waals surface area contributed by atoms with E-state index in [1.807, 2.05) is 105 Å². The van der Waals surface area contributed by atoms with Gasteiger partial charge in [0.2, 0.25) is 18.1 Å². The molecular weight excluding hydrogens is 1640 g/mol. The molecule has 654 valence electrons. The van der Waals surface area contributed by atoms with E-state index in [2.05, 4.69) is 38.8 Å². The van der Waals surface area contributed by atoms with Crippen LogP contribution in [0.25, 0.3) is 43.2 Å². The molecule has 0 saturated carbocycles. The summed E-state index contributed by atoms with van der Waals surface area (Å²) < 4.78 is 110. The van der Waals surface area contributed by atoms with Gasteiger partial charge in [-0.05, 0) is 161 Å². The Morgan fingerprint density at radius 2 is 1.46 bits per heavy atom. The number of piperazine rings is 1. The zero-order valence-electron chi connectivity index (χ0n) is 69.9. The Hall–Kier alpha value is -12.2. The van der Waals surface area contributed by atoms with Gasteiger partial charge in [-0.3, -0.25) is 9.69 Å². The van der Waals surface area contributed by atoms with E-state index in [1.54, 1.807) is 85.4 Å². The molecule has 1 aliphatic heterocycles. The lowest BCUT2D eigenvalue weighted by Gasteiger charge is -2.42. The van der Waals surface area contributed by atoms with Crippen molar-refractivity contribution in [2.75, 3.05) is 86.2 Å². The third-order valence-electron chi connectivity index (χ3n) is 19.4. The van der Waals surface area contributed by atoms with Crippen molar-refractivity contribution in [3.63, 3.8) is 0 Å². The summed E-state index contributed by atoms with van der Waals surface area (Å²) in [6.45, 7) is 16.7. The van der Waals surface area contributed by atoms with Crippen LogP contribution in [0.2, 0.25) is 5.02 Å². The first-order valence-electron chi connectivity index (χ1n) is 39.3. The number of nitrogens with one attached hydrogen (secondary N) is 3. The number of nitrogens with zero attached hydrogens (tertiary/aromatic N) is 6. The summed E-state index contributed by atoms with van der Waals surface area (Å²) in [6.07, 6.45) is -2.26. The fourth-order valence-electron chi connectivity index (χ4n) is 12.9. The van der Waals surface area contributed by atoms with Gasteiger partial charge >= 0.3 is 36.3 Å². The van der Waals surface area contributed by atoms with Gasteiger partial charge in [-0.15, -0.1) is 17.8 Å². The van der Waals surface area contributed by atoms with Crippen molar-refractivity contribution in [1.29, 1.82) is 0 Å². The number of fused-ring (bicyclic) bond motifs is 1. The third kappa shape index (κ3) is 27.6. The van der Waals surface area contributed by atoms with Crippen molar-refractivity contribution in [2.45, 2.75) is 137 Å². The average molecular weight is 1740 g/mol. The number of carbonyl (C=O) groups is 7. The Balaban J connectivity index is 0.00000235. The maximum absolute atomic E-state index is 14.8. The number of unbranched alkanes of at least 4 members (excludes halogenated alkanes) is 1. The van der Waals surface area contributed by atoms with Crippen LogP contribution in [-0.4, -0.2) is 188 Å². The van der Waals surface area contributed by atoms with Crippen LogP contribution < -0.4 is 44.7 Å². The number of carbonyl (C=O) groups excluding carboxylic acids is 7. The zero-order chi connectivity index (χ0) is 89.1. The number of carboxylic acids is 1. The highest BCUT2D eigenvalue weighted by atomic mass is 35.5. The molecule has 0 aliphatic carbocycles. The second-order valence-electron chi connectivity index (χ2n) is 30.1. The SMILES string of the molecule is C#CCOC(=O)N[C@@H](CCCCOC(=O)OC(C)(C)C)C(=O)O[C@H](C(=O)O[C@@H](C)C(=O)Nc1ccc(C[N+]2(C)CCN(CCOc3ccc(-c4c(-c5ccc(F)cc5)sc5ncnc(O[C@H](Cc6ccccc6OCc6ccnc(-c7ccccc7OC)n6)C(=O)OCc6ccc(OC)cc6)c45)c(C)c3Cl)CC2)c(CNC)c1)C(C)C.O=C([O-])C(F)(F)F. The Morgan fingerprint density at radius 1 is 0.748 bits per heavy atom. The molecule has 3 N–H and O–H groups in total. The Bertz CT molecular complexity index is 5180. The van der Waals surface area contributed by atoms with Gasteiger partial charge < -0.3 is 82.4 Å². The van der Waals surface area contributed by atoms with Crippen LogP contribution in [0.15, 0.2) is 146 Å². The van der Waals surface area contributed by atoms with E-state index in [1.165, 1.54) is 36.7 Å². The number of halogens is 5. The molecule has 1 fully saturated rings. The number of likely N-dealkylation sites (N-methyl/N-ethyl adjacent to an activating group) is 1. The molecule has 34 heteroatoms. The Labute approximate surface area is 718 Å². The number of aliphatic carboxylic acids is 1. The van der Waals surface area contributed by atoms with E-state index < -0.39 is 89.9 Å². The molecule has 6 aromatic carbocycles. The number of amides is 2. The van der Waals surface area contributed by atoms with E-state index >= 15 is 0 Å². The number of alkyl carbamates (subject to hydrolysis) is 1. The monoisotopic (exact) mass is 1740 g/mol. The molecule has 0 spiro atoms. The van der Waals surface area contributed by atoms with Crippen LogP contribution in [0.1, 0.15) is 94.3 Å². The molecule has 0 radical (unpaired) electrons. The number of quaternary nitrogens is 1. The van der Waals surface area contributed by atoms with Crippen LogP contribution in [0.5, 0.6) is 28.9 Å². The second-order valence-corrected chi connectivity index (χ2v) is 31.5.